The summed E-state index contributed by atoms with van der Waals surface area (Å²) in [6.07, 6.45) is 1.70. The lowest BCUT2D eigenvalue weighted by Gasteiger charge is -2.16. The van der Waals surface area contributed by atoms with Crippen molar-refractivity contribution in [1.82, 2.24) is 0 Å². The Bertz CT molecular complexity index is 376. The Morgan fingerprint density at radius 2 is 2.25 bits per heavy atom. The zero-order chi connectivity index (χ0) is 12.1. The monoisotopic (exact) mass is 239 g/mol. The molecule has 0 aliphatic heterocycles. The minimum absolute atomic E-state index is 0.110. The van der Waals surface area contributed by atoms with Crippen LogP contribution in [0, 0.1) is 0 Å². The minimum atomic E-state index is -0.110. The highest BCUT2D eigenvalue weighted by Crippen LogP contribution is 2.30. The Morgan fingerprint density at radius 1 is 1.56 bits per heavy atom. The Balaban J connectivity index is 2.92. The average molecular weight is 240 g/mol. The van der Waals surface area contributed by atoms with Gasteiger partial charge in [0.05, 0.1) is 7.11 Å². The summed E-state index contributed by atoms with van der Waals surface area (Å²) in [6, 6.07) is 5.38. The third kappa shape index (κ3) is 3.26. The zero-order valence-electron chi connectivity index (χ0n) is 9.79. The lowest BCUT2D eigenvalue weighted by Crippen LogP contribution is -2.12. The first kappa shape index (κ1) is 13.1. The lowest BCUT2D eigenvalue weighted by atomic mass is 9.98. The van der Waals surface area contributed by atoms with E-state index in [4.69, 9.17) is 22.1 Å². The topological polar surface area (TPSA) is 35.2 Å². The molecular weight excluding hydrogens is 222 g/mol. The second-order valence-corrected chi connectivity index (χ2v) is 4.24. The molecular formula is C13H18ClNO. The van der Waals surface area contributed by atoms with Crippen LogP contribution in [0.15, 0.2) is 30.4 Å². The van der Waals surface area contributed by atoms with E-state index in [0.29, 0.717) is 5.02 Å². The van der Waals surface area contributed by atoms with Crippen LogP contribution in [0.2, 0.25) is 5.02 Å². The first-order valence-electron chi connectivity index (χ1n) is 5.34. The van der Waals surface area contributed by atoms with Gasteiger partial charge in [0.2, 0.25) is 0 Å². The Hall–Kier alpha value is -0.990. The molecule has 1 aromatic rings. The van der Waals surface area contributed by atoms with E-state index in [-0.39, 0.29) is 6.04 Å². The second-order valence-electron chi connectivity index (χ2n) is 3.80. The maximum absolute atomic E-state index is 6.12. The van der Waals surface area contributed by atoms with E-state index in [0.717, 1.165) is 29.7 Å². The van der Waals surface area contributed by atoms with Gasteiger partial charge in [-0.15, -0.1) is 0 Å². The molecule has 0 aliphatic rings. The molecule has 0 amide bonds. The van der Waals surface area contributed by atoms with Gasteiger partial charge in [0.15, 0.2) is 0 Å². The van der Waals surface area contributed by atoms with E-state index in [9.17, 15) is 0 Å². The van der Waals surface area contributed by atoms with Gasteiger partial charge < -0.3 is 10.5 Å². The molecule has 88 valence electrons. The van der Waals surface area contributed by atoms with E-state index in [1.54, 1.807) is 13.2 Å². The smallest absolute Gasteiger partial charge is 0.123 e. The summed E-state index contributed by atoms with van der Waals surface area (Å²) in [5.41, 5.74) is 8.19. The van der Waals surface area contributed by atoms with E-state index in [1.165, 1.54) is 0 Å². The van der Waals surface area contributed by atoms with Gasteiger partial charge in [0, 0.05) is 16.6 Å². The van der Waals surface area contributed by atoms with Crippen LogP contribution < -0.4 is 10.5 Å². The number of hydrogen-bond acceptors (Lipinski definition) is 2. The number of halogens is 1. The largest absolute Gasteiger partial charge is 0.496 e. The molecule has 1 unspecified atom stereocenters. The molecule has 0 radical (unpaired) electrons. The predicted octanol–water partition coefficient (Wildman–Crippen LogP) is 3.70. The fourth-order valence-electron chi connectivity index (χ4n) is 1.56. The normalized spacial score (nSPS) is 12.2. The summed E-state index contributed by atoms with van der Waals surface area (Å²) >= 11 is 5.95. The van der Waals surface area contributed by atoms with E-state index in [1.807, 2.05) is 12.1 Å². The van der Waals surface area contributed by atoms with Crippen molar-refractivity contribution in [2.24, 2.45) is 5.73 Å². The molecule has 0 heterocycles. The summed E-state index contributed by atoms with van der Waals surface area (Å²) in [4.78, 5) is 0. The minimum Gasteiger partial charge on any atom is -0.496 e. The van der Waals surface area contributed by atoms with Gasteiger partial charge in [-0.05, 0) is 31.0 Å². The third-order valence-electron chi connectivity index (χ3n) is 2.60. The van der Waals surface area contributed by atoms with Crippen molar-refractivity contribution < 1.29 is 4.74 Å². The van der Waals surface area contributed by atoms with Crippen molar-refractivity contribution >= 4 is 11.6 Å². The molecule has 1 atom stereocenters. The number of benzene rings is 1. The van der Waals surface area contributed by atoms with Gasteiger partial charge in [-0.25, -0.2) is 0 Å². The molecule has 0 spiro atoms. The number of nitrogens with two attached hydrogens (primary N) is 1. The van der Waals surface area contributed by atoms with Gasteiger partial charge in [0.1, 0.15) is 5.75 Å². The fraction of sp³-hybridized carbons (Fsp3) is 0.385. The van der Waals surface area contributed by atoms with Crippen molar-refractivity contribution in [1.29, 1.82) is 0 Å². The molecule has 0 fully saturated rings. The van der Waals surface area contributed by atoms with Crippen LogP contribution in [-0.4, -0.2) is 7.11 Å². The molecule has 0 saturated carbocycles. The maximum atomic E-state index is 6.12. The van der Waals surface area contributed by atoms with Crippen LogP contribution in [0.4, 0.5) is 0 Å². The highest BCUT2D eigenvalue weighted by Gasteiger charge is 2.13. The summed E-state index contributed by atoms with van der Waals surface area (Å²) in [7, 11) is 1.63. The molecule has 1 rings (SSSR count). The van der Waals surface area contributed by atoms with Crippen LogP contribution in [0.1, 0.15) is 31.4 Å². The molecule has 1 aromatic carbocycles. The molecule has 0 aliphatic carbocycles. The SMILES string of the molecule is C=C(CC)CC(N)c1cc(Cl)ccc1OC. The molecule has 2 nitrogen and oxygen atoms in total. The van der Waals surface area contributed by atoms with Crippen LogP contribution in [0.25, 0.3) is 0 Å². The number of hydrogen-bond donors (Lipinski definition) is 1. The Kier molecular flexibility index (Phi) is 4.84. The zero-order valence-corrected chi connectivity index (χ0v) is 10.6. The molecule has 0 bridgehead atoms. The van der Waals surface area contributed by atoms with Gasteiger partial charge in [-0.2, -0.15) is 0 Å². The highest BCUT2D eigenvalue weighted by molar-refractivity contribution is 6.30. The fourth-order valence-corrected chi connectivity index (χ4v) is 1.74. The first-order valence-corrected chi connectivity index (χ1v) is 5.72. The van der Waals surface area contributed by atoms with Crippen LogP contribution in [0.3, 0.4) is 0 Å². The number of methoxy groups -OCH3 is 1. The number of ether oxygens (including phenoxy) is 1. The van der Waals surface area contributed by atoms with Gasteiger partial charge >= 0.3 is 0 Å². The maximum Gasteiger partial charge on any atom is 0.123 e. The van der Waals surface area contributed by atoms with Crippen molar-refractivity contribution in [2.75, 3.05) is 7.11 Å². The third-order valence-corrected chi connectivity index (χ3v) is 2.83. The molecule has 0 aromatic heterocycles. The molecule has 3 heteroatoms. The predicted molar refractivity (Wildman–Crippen MR) is 69.0 cm³/mol. The molecule has 2 N–H and O–H groups in total. The standard InChI is InChI=1S/C13H18ClNO/c1-4-9(2)7-12(15)11-8-10(14)5-6-13(11)16-3/h5-6,8,12H,2,4,7,15H2,1,3H3. The van der Waals surface area contributed by atoms with Gasteiger partial charge in [-0.3, -0.25) is 0 Å². The Labute approximate surface area is 102 Å². The van der Waals surface area contributed by atoms with Crippen molar-refractivity contribution in [3.05, 3.63) is 40.9 Å². The highest BCUT2D eigenvalue weighted by atomic mass is 35.5. The van der Waals surface area contributed by atoms with Crippen molar-refractivity contribution in [3.8, 4) is 5.75 Å². The van der Waals surface area contributed by atoms with Crippen molar-refractivity contribution in [2.45, 2.75) is 25.8 Å². The summed E-state index contributed by atoms with van der Waals surface area (Å²) in [5, 5.41) is 0.674. The first-order chi connectivity index (χ1) is 7.58. The summed E-state index contributed by atoms with van der Waals surface area (Å²) in [5.74, 6) is 0.779. The quantitative estimate of drug-likeness (QED) is 0.796. The van der Waals surface area contributed by atoms with Crippen molar-refractivity contribution in [3.63, 3.8) is 0 Å². The summed E-state index contributed by atoms with van der Waals surface area (Å²) < 4.78 is 5.27. The van der Waals surface area contributed by atoms with Gasteiger partial charge in [0.25, 0.3) is 0 Å². The van der Waals surface area contributed by atoms with Crippen LogP contribution >= 0.6 is 11.6 Å². The molecule has 0 saturated heterocycles. The summed E-state index contributed by atoms with van der Waals surface area (Å²) in [6.45, 7) is 6.04. The van der Waals surface area contributed by atoms with E-state index >= 15 is 0 Å². The molecule has 16 heavy (non-hydrogen) atoms. The van der Waals surface area contributed by atoms with E-state index < -0.39 is 0 Å². The second kappa shape index (κ2) is 5.92. The number of rotatable bonds is 5. The van der Waals surface area contributed by atoms with E-state index in [2.05, 4.69) is 13.5 Å². The van der Waals surface area contributed by atoms with Gasteiger partial charge in [-0.1, -0.05) is 30.7 Å². The Morgan fingerprint density at radius 3 is 2.81 bits per heavy atom. The lowest BCUT2D eigenvalue weighted by molar-refractivity contribution is 0.405. The van der Waals surface area contributed by atoms with Crippen LogP contribution in [-0.2, 0) is 0 Å². The average Bonchev–Trinajstić information content (AvgIpc) is 2.28. The van der Waals surface area contributed by atoms with Crippen LogP contribution in [0.5, 0.6) is 5.75 Å².